The molecule has 0 unspecified atom stereocenters. The molecule has 59 heavy (non-hydrogen) atoms. The van der Waals surface area contributed by atoms with Crippen LogP contribution in [0.15, 0.2) is 192 Å². The lowest BCUT2D eigenvalue weighted by Gasteiger charge is -2.16. The fraction of sp³-hybridized carbons (Fsp3) is 0.0357. The number of hydrogen-bond acceptors (Lipinski definition) is 3. The van der Waals surface area contributed by atoms with Gasteiger partial charge in [0, 0.05) is 43.4 Å². The van der Waals surface area contributed by atoms with Crippen molar-refractivity contribution < 1.29 is 4.42 Å². The average Bonchev–Trinajstić information content (AvgIpc) is 3.68. The average molecular weight is 753 g/mol. The molecule has 0 aliphatic heterocycles. The van der Waals surface area contributed by atoms with Crippen LogP contribution in [0.25, 0.3) is 111 Å². The zero-order valence-corrected chi connectivity index (χ0v) is 32.2. The van der Waals surface area contributed by atoms with E-state index in [-0.39, 0.29) is 0 Å². The Morgan fingerprint density at radius 1 is 0.475 bits per heavy atom. The van der Waals surface area contributed by atoms with Crippen molar-refractivity contribution in [1.82, 2.24) is 9.97 Å². The van der Waals surface area contributed by atoms with Crippen LogP contribution in [0.4, 0.5) is 0 Å². The zero-order chi connectivity index (χ0) is 38.9. The second-order valence-corrected chi connectivity index (χ2v) is 15.5. The van der Waals surface area contributed by atoms with E-state index < -0.39 is 0 Å². The van der Waals surface area contributed by atoms with E-state index in [1.54, 1.807) is 0 Å². The van der Waals surface area contributed by atoms with Crippen molar-refractivity contribution in [3.8, 4) is 33.6 Å². The summed E-state index contributed by atoms with van der Waals surface area (Å²) in [5.74, 6) is 0. The van der Waals surface area contributed by atoms with E-state index in [0.29, 0.717) is 0 Å². The molecule has 1 aliphatic carbocycles. The van der Waals surface area contributed by atoms with E-state index in [1.807, 2.05) is 12.1 Å². The van der Waals surface area contributed by atoms with Crippen LogP contribution in [-0.2, 0) is 6.42 Å². The summed E-state index contributed by atoms with van der Waals surface area (Å²) in [6, 6.07) is 62.7. The van der Waals surface area contributed by atoms with Gasteiger partial charge in [0.2, 0.25) is 0 Å². The highest BCUT2D eigenvalue weighted by Gasteiger charge is 2.19. The maximum Gasteiger partial charge on any atom is 0.144 e. The molecule has 0 spiro atoms. The molecule has 0 atom stereocenters. The molecule has 0 fully saturated rings. The minimum atomic E-state index is 0.895. The number of furan rings is 1. The molecule has 0 bridgehead atoms. The first-order valence-electron chi connectivity index (χ1n) is 20.4. The first kappa shape index (κ1) is 33.5. The maximum atomic E-state index is 6.60. The van der Waals surface area contributed by atoms with Gasteiger partial charge >= 0.3 is 0 Å². The summed E-state index contributed by atoms with van der Waals surface area (Å²) in [5, 5.41) is 9.04. The minimum Gasteiger partial charge on any atom is -0.455 e. The van der Waals surface area contributed by atoms with Crippen molar-refractivity contribution in [2.75, 3.05) is 0 Å². The predicted molar refractivity (Wildman–Crippen MR) is 247 cm³/mol. The summed E-state index contributed by atoms with van der Waals surface area (Å²) < 4.78 is 6.60. The van der Waals surface area contributed by atoms with Gasteiger partial charge in [0.05, 0.1) is 22.4 Å². The summed E-state index contributed by atoms with van der Waals surface area (Å²) in [7, 11) is 0. The lowest BCUT2D eigenvalue weighted by Crippen LogP contribution is -1.97. The van der Waals surface area contributed by atoms with Gasteiger partial charge in [-0.25, -0.2) is 9.97 Å². The van der Waals surface area contributed by atoms with Crippen LogP contribution in [0.3, 0.4) is 0 Å². The maximum absolute atomic E-state index is 6.60. The summed E-state index contributed by atoms with van der Waals surface area (Å²) >= 11 is 0. The number of aryl methyl sites for hydroxylation is 1. The Kier molecular flexibility index (Phi) is 7.67. The molecule has 3 nitrogen and oxygen atoms in total. The zero-order valence-electron chi connectivity index (χ0n) is 32.2. The van der Waals surface area contributed by atoms with E-state index >= 15 is 0 Å². The van der Waals surface area contributed by atoms with Gasteiger partial charge in [-0.05, 0) is 87.3 Å². The quantitative estimate of drug-likeness (QED) is 0.168. The smallest absolute Gasteiger partial charge is 0.144 e. The van der Waals surface area contributed by atoms with Crippen molar-refractivity contribution in [3.05, 3.63) is 205 Å². The lowest BCUT2D eigenvalue weighted by molar-refractivity contribution is 0.673. The Morgan fingerprint density at radius 3 is 2.08 bits per heavy atom. The topological polar surface area (TPSA) is 38.9 Å². The van der Waals surface area contributed by atoms with Crippen LogP contribution in [0.1, 0.15) is 23.1 Å². The minimum absolute atomic E-state index is 0.895. The van der Waals surface area contributed by atoms with Gasteiger partial charge in [-0.2, -0.15) is 0 Å². The van der Waals surface area contributed by atoms with Crippen LogP contribution >= 0.6 is 0 Å². The number of nitrogens with zero attached hydrogens (tertiary/aromatic N) is 2. The van der Waals surface area contributed by atoms with Crippen LogP contribution in [0.2, 0.25) is 0 Å². The third-order valence-electron chi connectivity index (χ3n) is 12.2. The highest BCUT2D eigenvalue weighted by molar-refractivity contribution is 6.24. The van der Waals surface area contributed by atoms with E-state index in [2.05, 4.69) is 182 Å². The monoisotopic (exact) mass is 752 g/mol. The number of allylic oxidation sites excluding steroid dienone is 3. The number of para-hydroxylation sites is 2. The molecule has 8 aromatic carbocycles. The summed E-state index contributed by atoms with van der Waals surface area (Å²) in [4.78, 5) is 10.7. The molecule has 276 valence electrons. The normalized spacial score (nSPS) is 14.4. The molecule has 0 N–H and O–H groups in total. The van der Waals surface area contributed by atoms with E-state index in [4.69, 9.17) is 14.4 Å². The number of rotatable bonds is 4. The van der Waals surface area contributed by atoms with Crippen molar-refractivity contribution in [3.63, 3.8) is 0 Å². The van der Waals surface area contributed by atoms with E-state index in [9.17, 15) is 0 Å². The Bertz CT molecular complexity index is 3550. The molecule has 12 rings (SSSR count). The SMILES string of the molecule is C1=C\c2ccc3ccc(-c4ccc(-c5cccc(-c6nc7ccccc7c7c6ccc6c8ccccc8oc67)c5)c5ccccc45)nc3c2CC\C=C/1c1ccccc1. The van der Waals surface area contributed by atoms with Crippen molar-refractivity contribution >= 4 is 76.9 Å². The van der Waals surface area contributed by atoms with Crippen LogP contribution in [0, 0.1) is 0 Å². The largest absolute Gasteiger partial charge is 0.455 e. The van der Waals surface area contributed by atoms with Gasteiger partial charge in [0.15, 0.2) is 0 Å². The molecule has 0 saturated carbocycles. The lowest BCUT2D eigenvalue weighted by atomic mass is 9.91. The van der Waals surface area contributed by atoms with Gasteiger partial charge in [-0.3, -0.25) is 0 Å². The van der Waals surface area contributed by atoms with Crippen LogP contribution < -0.4 is 0 Å². The van der Waals surface area contributed by atoms with Gasteiger partial charge < -0.3 is 4.42 Å². The molecular formula is C56H36N2O. The Morgan fingerprint density at radius 2 is 1.19 bits per heavy atom. The summed E-state index contributed by atoms with van der Waals surface area (Å²) in [6.45, 7) is 0. The van der Waals surface area contributed by atoms with Crippen molar-refractivity contribution in [2.24, 2.45) is 0 Å². The molecule has 3 aromatic heterocycles. The summed E-state index contributed by atoms with van der Waals surface area (Å²) in [6.07, 6.45) is 8.76. The van der Waals surface area contributed by atoms with Crippen LogP contribution in [0.5, 0.6) is 0 Å². The number of fused-ring (bicyclic) bond motifs is 11. The molecule has 11 aromatic rings. The molecule has 0 amide bonds. The first-order valence-corrected chi connectivity index (χ1v) is 20.4. The highest BCUT2D eigenvalue weighted by atomic mass is 16.3. The van der Waals surface area contributed by atoms with Gasteiger partial charge in [-0.1, -0.05) is 164 Å². The Hall–Kier alpha value is -7.62. The van der Waals surface area contributed by atoms with Crippen LogP contribution in [-0.4, -0.2) is 9.97 Å². The summed E-state index contributed by atoms with van der Waals surface area (Å²) in [5.41, 5.74) is 15.3. The molecule has 0 saturated heterocycles. The molecule has 3 heteroatoms. The standard InChI is InChI=1S/C56H36N2O/c1-2-12-35(13-3-1)36-14-11-21-42-37(25-24-36)26-27-38-28-33-51(58-54(38)42)45-30-29-41(43-17-4-5-18-44(43)45)39-15-10-16-40(34-39)55-49-32-31-47-46-19-7-9-23-52(46)59-56(47)53(49)48-20-6-8-22-50(48)57-55/h1-10,12-20,22-34H,11,21H2/b25-24-,36-14+. The van der Waals surface area contributed by atoms with E-state index in [0.717, 1.165) is 90.1 Å². The molecule has 3 heterocycles. The Labute approximate surface area is 341 Å². The Balaban J connectivity index is 0.969. The number of hydrogen-bond donors (Lipinski definition) is 0. The number of pyridine rings is 2. The predicted octanol–water partition coefficient (Wildman–Crippen LogP) is 15.0. The third-order valence-corrected chi connectivity index (χ3v) is 12.2. The number of benzene rings is 8. The fourth-order valence-electron chi connectivity index (χ4n) is 9.34. The van der Waals surface area contributed by atoms with Gasteiger partial charge in [0.25, 0.3) is 0 Å². The third kappa shape index (κ3) is 5.50. The number of aromatic nitrogens is 2. The fourth-order valence-corrected chi connectivity index (χ4v) is 9.34. The second kappa shape index (κ2) is 13.5. The van der Waals surface area contributed by atoms with E-state index in [1.165, 1.54) is 44.0 Å². The molecule has 0 radical (unpaired) electrons. The second-order valence-electron chi connectivity index (χ2n) is 15.5. The first-order chi connectivity index (χ1) is 29.2. The van der Waals surface area contributed by atoms with Gasteiger partial charge in [-0.15, -0.1) is 0 Å². The highest BCUT2D eigenvalue weighted by Crippen LogP contribution is 2.42. The molecular weight excluding hydrogens is 717 g/mol. The van der Waals surface area contributed by atoms with Crippen molar-refractivity contribution in [1.29, 1.82) is 0 Å². The van der Waals surface area contributed by atoms with Gasteiger partial charge in [0.1, 0.15) is 11.2 Å². The van der Waals surface area contributed by atoms with Crippen molar-refractivity contribution in [2.45, 2.75) is 12.8 Å². The molecule has 1 aliphatic rings.